The molecule has 0 radical (unpaired) electrons. The van der Waals surface area contributed by atoms with Crippen LogP contribution in [0.5, 0.6) is 0 Å². The average molecular weight is 396 g/mol. The molecular formula is C16H14ClN3O3S2. The molecule has 3 rings (SSSR count). The van der Waals surface area contributed by atoms with Crippen LogP contribution in [-0.4, -0.2) is 28.7 Å². The van der Waals surface area contributed by atoms with Crippen molar-refractivity contribution in [3.63, 3.8) is 0 Å². The van der Waals surface area contributed by atoms with Crippen LogP contribution in [0.25, 0.3) is 4.96 Å². The van der Waals surface area contributed by atoms with E-state index in [1.807, 2.05) is 0 Å². The Morgan fingerprint density at radius 1 is 1.32 bits per heavy atom. The Bertz CT molecular complexity index is 1070. The van der Waals surface area contributed by atoms with Gasteiger partial charge in [-0.05, 0) is 24.3 Å². The molecule has 0 atom stereocenters. The predicted octanol–water partition coefficient (Wildman–Crippen LogP) is 2.79. The Balaban J connectivity index is 1.98. The zero-order valence-corrected chi connectivity index (χ0v) is 15.4. The average Bonchev–Trinajstić information content (AvgIpc) is 3.04. The molecule has 6 nitrogen and oxygen atoms in total. The minimum Gasteiger partial charge on any atom is -0.269 e. The molecule has 0 saturated heterocycles. The fourth-order valence-electron chi connectivity index (χ4n) is 2.30. The summed E-state index contributed by atoms with van der Waals surface area (Å²) in [5, 5.41) is 2.20. The van der Waals surface area contributed by atoms with E-state index in [4.69, 9.17) is 11.6 Å². The van der Waals surface area contributed by atoms with Gasteiger partial charge in [-0.1, -0.05) is 17.7 Å². The van der Waals surface area contributed by atoms with Gasteiger partial charge >= 0.3 is 0 Å². The first-order valence-corrected chi connectivity index (χ1v) is 9.94. The lowest BCUT2D eigenvalue weighted by molar-refractivity contribution is 0.434. The van der Waals surface area contributed by atoms with Gasteiger partial charge in [0.1, 0.15) is 0 Å². The van der Waals surface area contributed by atoms with E-state index < -0.39 is 10.0 Å². The van der Waals surface area contributed by atoms with E-state index in [1.165, 1.54) is 56.5 Å². The summed E-state index contributed by atoms with van der Waals surface area (Å²) in [5.74, 6) is 0. The number of nitrogens with zero attached hydrogens (tertiary/aromatic N) is 3. The lowest BCUT2D eigenvalue weighted by Crippen LogP contribution is -2.31. The number of aromatic nitrogens is 2. The lowest BCUT2D eigenvalue weighted by Gasteiger charge is -2.20. The number of fused-ring (bicyclic) bond motifs is 1. The van der Waals surface area contributed by atoms with Gasteiger partial charge in [0.2, 0.25) is 10.0 Å². The Hall–Kier alpha value is -2.00. The van der Waals surface area contributed by atoms with Crippen LogP contribution in [0.15, 0.2) is 64.3 Å². The minimum atomic E-state index is -3.77. The van der Waals surface area contributed by atoms with Crippen molar-refractivity contribution in [3.05, 3.63) is 75.6 Å². The zero-order chi connectivity index (χ0) is 18.0. The second-order valence-corrected chi connectivity index (χ2v) is 8.43. The second-order valence-electron chi connectivity index (χ2n) is 5.18. The van der Waals surface area contributed by atoms with Crippen molar-refractivity contribution in [1.82, 2.24) is 13.7 Å². The Morgan fingerprint density at radius 2 is 2.04 bits per heavy atom. The maximum absolute atomic E-state index is 12.9. The summed E-state index contributed by atoms with van der Waals surface area (Å²) in [7, 11) is -3.77. The molecule has 130 valence electrons. The monoisotopic (exact) mass is 395 g/mol. The maximum atomic E-state index is 12.9. The second kappa shape index (κ2) is 7.09. The molecule has 2 heterocycles. The molecule has 0 aliphatic rings. The molecule has 0 unspecified atom stereocenters. The van der Waals surface area contributed by atoms with Crippen LogP contribution in [0, 0.1) is 0 Å². The Labute approximate surface area is 153 Å². The summed E-state index contributed by atoms with van der Waals surface area (Å²) in [4.78, 5) is 17.1. The number of hydrogen-bond acceptors (Lipinski definition) is 5. The molecule has 0 amide bonds. The number of halogens is 1. The van der Waals surface area contributed by atoms with Gasteiger partial charge in [-0.25, -0.2) is 13.4 Å². The third kappa shape index (κ3) is 3.67. The number of hydrogen-bond donors (Lipinski definition) is 0. The third-order valence-electron chi connectivity index (χ3n) is 3.48. The van der Waals surface area contributed by atoms with Crippen LogP contribution in [0.3, 0.4) is 0 Å². The molecule has 0 fully saturated rings. The van der Waals surface area contributed by atoms with Crippen molar-refractivity contribution in [2.24, 2.45) is 0 Å². The van der Waals surface area contributed by atoms with Crippen molar-refractivity contribution in [1.29, 1.82) is 0 Å². The molecule has 0 bridgehead atoms. The van der Waals surface area contributed by atoms with Gasteiger partial charge < -0.3 is 0 Å². The van der Waals surface area contributed by atoms with Crippen LogP contribution in [-0.2, 0) is 16.6 Å². The van der Waals surface area contributed by atoms with Crippen molar-refractivity contribution in [2.75, 3.05) is 6.54 Å². The molecule has 9 heteroatoms. The maximum Gasteiger partial charge on any atom is 0.258 e. The van der Waals surface area contributed by atoms with E-state index in [1.54, 1.807) is 11.6 Å². The SMILES string of the molecule is C=CCN(Cc1cc(=O)n2ccsc2n1)S(=O)(=O)c1ccc(Cl)cc1. The van der Waals surface area contributed by atoms with Crippen molar-refractivity contribution < 1.29 is 8.42 Å². The topological polar surface area (TPSA) is 71.8 Å². The van der Waals surface area contributed by atoms with Gasteiger partial charge in [0.15, 0.2) is 4.96 Å². The van der Waals surface area contributed by atoms with Gasteiger partial charge in [0, 0.05) is 29.2 Å². The third-order valence-corrected chi connectivity index (χ3v) is 6.31. The Kier molecular flexibility index (Phi) is 5.05. The lowest BCUT2D eigenvalue weighted by atomic mass is 10.4. The fraction of sp³-hybridized carbons (Fsp3) is 0.125. The number of thiazole rings is 1. The summed E-state index contributed by atoms with van der Waals surface area (Å²) in [6.45, 7) is 3.68. The van der Waals surface area contributed by atoms with E-state index in [0.717, 1.165) is 0 Å². The van der Waals surface area contributed by atoms with Gasteiger partial charge in [-0.3, -0.25) is 9.20 Å². The van der Waals surface area contributed by atoms with Crippen LogP contribution < -0.4 is 5.56 Å². The quantitative estimate of drug-likeness (QED) is 0.601. The minimum absolute atomic E-state index is 0.0272. The predicted molar refractivity (Wildman–Crippen MR) is 98.6 cm³/mol. The summed E-state index contributed by atoms with van der Waals surface area (Å²) < 4.78 is 28.4. The van der Waals surface area contributed by atoms with Gasteiger partial charge in [0.25, 0.3) is 5.56 Å². The van der Waals surface area contributed by atoms with Gasteiger partial charge in [0.05, 0.1) is 17.1 Å². The van der Waals surface area contributed by atoms with Crippen LogP contribution in [0.1, 0.15) is 5.69 Å². The van der Waals surface area contributed by atoms with E-state index in [0.29, 0.717) is 15.7 Å². The number of rotatable bonds is 6. The molecule has 0 spiro atoms. The summed E-state index contributed by atoms with van der Waals surface area (Å²) in [6.07, 6.45) is 3.12. The largest absolute Gasteiger partial charge is 0.269 e. The highest BCUT2D eigenvalue weighted by atomic mass is 35.5. The first-order chi connectivity index (χ1) is 11.9. The summed E-state index contributed by atoms with van der Waals surface area (Å²) in [5.41, 5.74) is 0.135. The molecule has 0 N–H and O–H groups in total. The van der Waals surface area contributed by atoms with Crippen LogP contribution in [0.4, 0.5) is 0 Å². The van der Waals surface area contributed by atoms with Crippen molar-refractivity contribution >= 4 is 37.9 Å². The highest BCUT2D eigenvalue weighted by Gasteiger charge is 2.24. The Morgan fingerprint density at radius 3 is 2.72 bits per heavy atom. The summed E-state index contributed by atoms with van der Waals surface area (Å²) >= 11 is 7.13. The van der Waals surface area contributed by atoms with E-state index in [9.17, 15) is 13.2 Å². The first kappa shape index (κ1) is 17.8. The van der Waals surface area contributed by atoms with Crippen LogP contribution in [0.2, 0.25) is 5.02 Å². The van der Waals surface area contributed by atoms with E-state index in [-0.39, 0.29) is 23.5 Å². The number of benzene rings is 1. The van der Waals surface area contributed by atoms with Gasteiger partial charge in [-0.2, -0.15) is 4.31 Å². The van der Waals surface area contributed by atoms with E-state index >= 15 is 0 Å². The molecule has 1 aromatic carbocycles. The highest BCUT2D eigenvalue weighted by molar-refractivity contribution is 7.89. The smallest absolute Gasteiger partial charge is 0.258 e. The normalized spacial score (nSPS) is 11.9. The van der Waals surface area contributed by atoms with E-state index in [2.05, 4.69) is 11.6 Å². The summed E-state index contributed by atoms with van der Waals surface area (Å²) in [6, 6.07) is 7.26. The molecule has 3 aromatic rings. The van der Waals surface area contributed by atoms with Crippen LogP contribution >= 0.6 is 22.9 Å². The van der Waals surface area contributed by atoms with Gasteiger partial charge in [-0.15, -0.1) is 17.9 Å². The highest BCUT2D eigenvalue weighted by Crippen LogP contribution is 2.20. The fourth-order valence-corrected chi connectivity index (χ4v) is 4.54. The zero-order valence-electron chi connectivity index (χ0n) is 13.0. The molecule has 0 aliphatic carbocycles. The standard InChI is InChI=1S/C16H14ClN3O3S2/c1-2-7-19(25(22,23)14-5-3-12(17)4-6-14)11-13-10-15(21)20-8-9-24-16(20)18-13/h2-6,8-10H,1,7,11H2. The molecular weight excluding hydrogens is 382 g/mol. The first-order valence-electron chi connectivity index (χ1n) is 7.24. The molecule has 0 aliphatic heterocycles. The van der Waals surface area contributed by atoms with Crippen molar-refractivity contribution in [3.8, 4) is 0 Å². The van der Waals surface area contributed by atoms with Crippen molar-refractivity contribution in [2.45, 2.75) is 11.4 Å². The molecule has 0 saturated carbocycles. The number of sulfonamides is 1. The molecule has 2 aromatic heterocycles. The molecule has 25 heavy (non-hydrogen) atoms.